The zero-order valence-corrected chi connectivity index (χ0v) is 7.73. The molecule has 1 aliphatic carbocycles. The van der Waals surface area contributed by atoms with Gasteiger partial charge in [0.1, 0.15) is 17.5 Å². The molecular formula is C9H10N2O4. The fraction of sp³-hybridized carbons (Fsp3) is 0.222. The van der Waals surface area contributed by atoms with E-state index < -0.39 is 17.8 Å². The topological polar surface area (TPSA) is 124 Å². The number of allylic oxidation sites excluding steroid dienone is 3. The molecule has 1 rings (SSSR count). The van der Waals surface area contributed by atoms with Crippen molar-refractivity contribution < 1.29 is 19.8 Å². The van der Waals surface area contributed by atoms with Crippen LogP contribution in [0.4, 0.5) is 0 Å². The van der Waals surface area contributed by atoms with Crippen molar-refractivity contribution in [3.63, 3.8) is 0 Å². The molecule has 6 heteroatoms. The summed E-state index contributed by atoms with van der Waals surface area (Å²) < 4.78 is 0. The van der Waals surface area contributed by atoms with Crippen molar-refractivity contribution in [2.24, 2.45) is 5.73 Å². The van der Waals surface area contributed by atoms with E-state index in [0.29, 0.717) is 0 Å². The molecule has 15 heavy (non-hydrogen) atoms. The fourth-order valence-corrected chi connectivity index (χ4v) is 1.10. The summed E-state index contributed by atoms with van der Waals surface area (Å²) in [5.74, 6) is -2.14. The Bertz CT molecular complexity index is 395. The molecule has 0 heterocycles. The first-order chi connectivity index (χ1) is 6.91. The Morgan fingerprint density at radius 3 is 2.67 bits per heavy atom. The van der Waals surface area contributed by atoms with Crippen molar-refractivity contribution in [2.45, 2.75) is 12.5 Å². The molecule has 0 unspecified atom stereocenters. The largest absolute Gasteiger partial charge is 0.508 e. The number of carboxylic acid groups (broad SMARTS) is 1. The van der Waals surface area contributed by atoms with Crippen molar-refractivity contribution in [3.05, 3.63) is 23.5 Å². The van der Waals surface area contributed by atoms with E-state index in [9.17, 15) is 14.7 Å². The molecule has 0 bridgehead atoms. The van der Waals surface area contributed by atoms with Gasteiger partial charge in [0, 0.05) is 12.5 Å². The van der Waals surface area contributed by atoms with E-state index in [4.69, 9.17) is 16.2 Å². The number of aliphatic hydroxyl groups is 1. The third kappa shape index (κ3) is 2.50. The van der Waals surface area contributed by atoms with E-state index in [1.165, 1.54) is 0 Å². The summed E-state index contributed by atoms with van der Waals surface area (Å²) in [5, 5.41) is 25.1. The maximum atomic E-state index is 10.9. The molecule has 0 spiro atoms. The highest BCUT2D eigenvalue weighted by Gasteiger charge is 2.21. The average Bonchev–Trinajstić information content (AvgIpc) is 2.13. The van der Waals surface area contributed by atoms with Crippen LogP contribution in [0.25, 0.3) is 0 Å². The van der Waals surface area contributed by atoms with Gasteiger partial charge in [-0.1, -0.05) is 0 Å². The molecule has 0 radical (unpaired) electrons. The number of rotatable bonds is 3. The lowest BCUT2D eigenvalue weighted by Crippen LogP contribution is -2.31. The molecule has 0 saturated heterocycles. The van der Waals surface area contributed by atoms with Crippen LogP contribution in [-0.2, 0) is 9.59 Å². The number of nitrogens with one attached hydrogen (secondary N) is 1. The van der Waals surface area contributed by atoms with Gasteiger partial charge in [-0.05, 0) is 11.6 Å². The number of carbonyl (C=O) groups excluding carboxylic acids is 1. The number of aliphatic carboxylic acids is 1. The predicted molar refractivity (Wildman–Crippen MR) is 51.8 cm³/mol. The molecule has 0 aromatic rings. The summed E-state index contributed by atoms with van der Waals surface area (Å²) in [5.41, 5.74) is 5.15. The van der Waals surface area contributed by atoms with Gasteiger partial charge in [-0.15, -0.1) is 0 Å². The molecule has 0 fully saturated rings. The lowest BCUT2D eigenvalue weighted by molar-refractivity contribution is -0.138. The number of hydrogen-bond donors (Lipinski definition) is 4. The second-order valence-electron chi connectivity index (χ2n) is 3.13. The first-order valence-corrected chi connectivity index (χ1v) is 4.14. The summed E-state index contributed by atoms with van der Waals surface area (Å²) in [6.45, 7) is 0. The molecule has 0 aromatic carbocycles. The fourth-order valence-electron chi connectivity index (χ4n) is 1.10. The Morgan fingerprint density at radius 1 is 1.53 bits per heavy atom. The molecule has 6 nitrogen and oxygen atoms in total. The van der Waals surface area contributed by atoms with Crippen LogP contribution in [0, 0.1) is 5.41 Å². The van der Waals surface area contributed by atoms with Gasteiger partial charge in [0.15, 0.2) is 0 Å². The molecule has 1 atom stereocenters. The van der Waals surface area contributed by atoms with Crippen molar-refractivity contribution in [3.8, 4) is 0 Å². The van der Waals surface area contributed by atoms with Gasteiger partial charge >= 0.3 is 5.97 Å². The first kappa shape index (κ1) is 11.1. The van der Waals surface area contributed by atoms with Gasteiger partial charge in [0.25, 0.3) is 0 Å². The van der Waals surface area contributed by atoms with Gasteiger partial charge in [0.05, 0.1) is 0 Å². The summed E-state index contributed by atoms with van der Waals surface area (Å²) in [7, 11) is 0. The summed E-state index contributed by atoms with van der Waals surface area (Å²) in [4.78, 5) is 21.4. The van der Waals surface area contributed by atoms with Crippen molar-refractivity contribution in [2.75, 3.05) is 0 Å². The predicted octanol–water partition coefficient (Wildman–Crippen LogP) is -0.241. The van der Waals surface area contributed by atoms with E-state index >= 15 is 0 Å². The second kappa shape index (κ2) is 4.05. The molecule has 0 aromatic heterocycles. The van der Waals surface area contributed by atoms with Gasteiger partial charge in [0.2, 0.25) is 5.78 Å². The number of hydrogen-bond acceptors (Lipinski definition) is 5. The SMILES string of the molecule is N=C1C=C(C[C@H](N)C(=O)O)C(O)=CC1=O. The van der Waals surface area contributed by atoms with Crippen molar-refractivity contribution in [1.82, 2.24) is 0 Å². The Kier molecular flexibility index (Phi) is 3.01. The minimum Gasteiger partial charge on any atom is -0.508 e. The Balaban J connectivity index is 2.84. The van der Waals surface area contributed by atoms with Crippen molar-refractivity contribution >= 4 is 17.5 Å². The summed E-state index contributed by atoms with van der Waals surface area (Å²) in [6.07, 6.45) is 1.89. The zero-order valence-electron chi connectivity index (χ0n) is 7.73. The van der Waals surface area contributed by atoms with Gasteiger partial charge < -0.3 is 15.9 Å². The van der Waals surface area contributed by atoms with Crippen LogP contribution in [0.5, 0.6) is 0 Å². The maximum Gasteiger partial charge on any atom is 0.320 e. The van der Waals surface area contributed by atoms with Crippen LogP contribution in [0.1, 0.15) is 6.42 Å². The smallest absolute Gasteiger partial charge is 0.320 e. The van der Waals surface area contributed by atoms with Crippen LogP contribution in [0.15, 0.2) is 23.5 Å². The van der Waals surface area contributed by atoms with Gasteiger partial charge in [-0.2, -0.15) is 0 Å². The molecule has 5 N–H and O–H groups in total. The Morgan fingerprint density at radius 2 is 2.13 bits per heavy atom. The lowest BCUT2D eigenvalue weighted by Gasteiger charge is -2.13. The molecule has 80 valence electrons. The van der Waals surface area contributed by atoms with Gasteiger partial charge in [-0.3, -0.25) is 15.0 Å². The van der Waals surface area contributed by atoms with Crippen LogP contribution >= 0.6 is 0 Å². The molecular weight excluding hydrogens is 200 g/mol. The van der Waals surface area contributed by atoms with Gasteiger partial charge in [-0.25, -0.2) is 0 Å². The molecule has 0 amide bonds. The zero-order chi connectivity index (χ0) is 11.6. The standard InChI is InChI=1S/C9H10N2O4/c10-5-1-4(2-6(11)9(14)15)7(12)3-8(5)13/h1,3,6,10,12H,2,11H2,(H,14,15)/t6-/m0/s1. The minimum atomic E-state index is -1.20. The van der Waals surface area contributed by atoms with Crippen LogP contribution in [-0.4, -0.2) is 33.7 Å². The highest BCUT2D eigenvalue weighted by atomic mass is 16.4. The van der Waals surface area contributed by atoms with E-state index in [2.05, 4.69) is 0 Å². The van der Waals surface area contributed by atoms with E-state index in [1.807, 2.05) is 0 Å². The quantitative estimate of drug-likeness (QED) is 0.478. The van der Waals surface area contributed by atoms with Crippen LogP contribution < -0.4 is 5.73 Å². The highest BCUT2D eigenvalue weighted by Crippen LogP contribution is 2.17. The number of ketones is 1. The monoisotopic (exact) mass is 210 g/mol. The molecule has 0 aliphatic heterocycles. The number of carbonyl (C=O) groups is 2. The number of aliphatic hydroxyl groups excluding tert-OH is 1. The number of nitrogens with two attached hydrogens (primary N) is 1. The minimum absolute atomic E-state index is 0.118. The van der Waals surface area contributed by atoms with E-state index in [1.54, 1.807) is 0 Å². The maximum absolute atomic E-state index is 10.9. The molecule has 0 saturated carbocycles. The number of carboxylic acids is 1. The van der Waals surface area contributed by atoms with Crippen LogP contribution in [0.2, 0.25) is 0 Å². The third-order valence-corrected chi connectivity index (χ3v) is 1.94. The Labute approximate surface area is 85.2 Å². The normalized spacial score (nSPS) is 18.2. The molecule has 1 aliphatic rings. The average molecular weight is 210 g/mol. The summed E-state index contributed by atoms with van der Waals surface area (Å²) in [6, 6.07) is -1.16. The third-order valence-electron chi connectivity index (χ3n) is 1.94. The highest BCUT2D eigenvalue weighted by molar-refractivity contribution is 6.48. The summed E-state index contributed by atoms with van der Waals surface area (Å²) >= 11 is 0. The first-order valence-electron chi connectivity index (χ1n) is 4.14. The second-order valence-corrected chi connectivity index (χ2v) is 3.13. The lowest BCUT2D eigenvalue weighted by atomic mass is 9.97. The van der Waals surface area contributed by atoms with Crippen molar-refractivity contribution in [1.29, 1.82) is 5.41 Å². The van der Waals surface area contributed by atoms with E-state index in [0.717, 1.165) is 12.2 Å². The van der Waals surface area contributed by atoms with Crippen LogP contribution in [0.3, 0.4) is 0 Å². The van der Waals surface area contributed by atoms with E-state index in [-0.39, 0.29) is 23.5 Å². The Hall–Kier alpha value is -1.95.